The van der Waals surface area contributed by atoms with Crippen molar-refractivity contribution >= 4 is 11.6 Å². The highest BCUT2D eigenvalue weighted by Gasteiger charge is 2.32. The Labute approximate surface area is 118 Å². The van der Waals surface area contributed by atoms with Gasteiger partial charge in [0, 0.05) is 12.2 Å². The molecule has 0 aliphatic heterocycles. The summed E-state index contributed by atoms with van der Waals surface area (Å²) in [5.74, 6) is -1.30. The van der Waals surface area contributed by atoms with Crippen LogP contribution in [0.4, 0.5) is 13.2 Å². The SMILES string of the molecule is Cc1cccc2ncc(CN(CC(=O)O)CC(F)(F)F)n12. The third-order valence-corrected chi connectivity index (χ3v) is 2.94. The quantitative estimate of drug-likeness (QED) is 0.919. The van der Waals surface area contributed by atoms with Gasteiger partial charge in [-0.15, -0.1) is 0 Å². The number of rotatable bonds is 5. The van der Waals surface area contributed by atoms with Gasteiger partial charge in [-0.05, 0) is 19.1 Å². The van der Waals surface area contributed by atoms with Crippen LogP contribution in [0, 0.1) is 6.92 Å². The zero-order valence-electron chi connectivity index (χ0n) is 11.3. The van der Waals surface area contributed by atoms with Crippen LogP contribution in [0.5, 0.6) is 0 Å². The number of hydrogen-bond donors (Lipinski definition) is 1. The lowest BCUT2D eigenvalue weighted by molar-refractivity contribution is -0.155. The van der Waals surface area contributed by atoms with Crippen molar-refractivity contribution in [3.8, 4) is 0 Å². The highest BCUT2D eigenvalue weighted by atomic mass is 19.4. The third-order valence-electron chi connectivity index (χ3n) is 2.94. The number of fused-ring (bicyclic) bond motifs is 1. The second-order valence-corrected chi connectivity index (χ2v) is 4.76. The molecule has 0 saturated heterocycles. The number of aryl methyl sites for hydroxylation is 1. The molecule has 0 fully saturated rings. The predicted molar refractivity (Wildman–Crippen MR) is 68.9 cm³/mol. The first-order valence-corrected chi connectivity index (χ1v) is 6.19. The molecule has 8 heteroatoms. The van der Waals surface area contributed by atoms with Crippen LogP contribution in [0.2, 0.25) is 0 Å². The molecular formula is C13H14F3N3O2. The van der Waals surface area contributed by atoms with Crippen molar-refractivity contribution in [2.45, 2.75) is 19.6 Å². The summed E-state index contributed by atoms with van der Waals surface area (Å²) in [5.41, 5.74) is 1.96. The minimum atomic E-state index is -4.45. The number of alkyl halides is 3. The number of pyridine rings is 1. The second kappa shape index (κ2) is 5.72. The van der Waals surface area contributed by atoms with Crippen molar-refractivity contribution < 1.29 is 23.1 Å². The number of nitrogens with zero attached hydrogens (tertiary/aromatic N) is 3. The van der Waals surface area contributed by atoms with Crippen molar-refractivity contribution in [3.05, 3.63) is 35.8 Å². The number of aromatic nitrogens is 2. The Morgan fingerprint density at radius 1 is 1.43 bits per heavy atom. The molecule has 1 N–H and O–H groups in total. The van der Waals surface area contributed by atoms with Gasteiger partial charge in [-0.3, -0.25) is 9.69 Å². The predicted octanol–water partition coefficient (Wildman–Crippen LogP) is 2.09. The van der Waals surface area contributed by atoms with Gasteiger partial charge in [0.2, 0.25) is 0 Å². The number of halogens is 3. The molecule has 0 amide bonds. The van der Waals surface area contributed by atoms with Crippen molar-refractivity contribution in [3.63, 3.8) is 0 Å². The normalized spacial score (nSPS) is 12.2. The molecule has 0 aliphatic carbocycles. The van der Waals surface area contributed by atoms with Crippen molar-refractivity contribution in [2.75, 3.05) is 13.1 Å². The van der Waals surface area contributed by atoms with Crippen LogP contribution in [-0.2, 0) is 11.3 Å². The maximum Gasteiger partial charge on any atom is 0.401 e. The summed E-state index contributed by atoms with van der Waals surface area (Å²) < 4.78 is 39.3. The van der Waals surface area contributed by atoms with Gasteiger partial charge in [0.15, 0.2) is 0 Å². The number of imidazole rings is 1. The van der Waals surface area contributed by atoms with E-state index in [0.29, 0.717) is 11.3 Å². The summed E-state index contributed by atoms with van der Waals surface area (Å²) in [5, 5.41) is 8.75. The monoisotopic (exact) mass is 301 g/mol. The maximum absolute atomic E-state index is 12.5. The zero-order chi connectivity index (χ0) is 15.6. The molecule has 0 bridgehead atoms. The number of hydrogen-bond acceptors (Lipinski definition) is 3. The van der Waals surface area contributed by atoms with Crippen LogP contribution >= 0.6 is 0 Å². The first-order valence-electron chi connectivity index (χ1n) is 6.19. The maximum atomic E-state index is 12.5. The average Bonchev–Trinajstić information content (AvgIpc) is 2.70. The van der Waals surface area contributed by atoms with Crippen molar-refractivity contribution in [2.24, 2.45) is 0 Å². The molecule has 21 heavy (non-hydrogen) atoms. The van der Waals surface area contributed by atoms with E-state index in [1.54, 1.807) is 16.5 Å². The lowest BCUT2D eigenvalue weighted by Gasteiger charge is -2.21. The van der Waals surface area contributed by atoms with Crippen LogP contribution in [-0.4, -0.2) is 44.6 Å². The van der Waals surface area contributed by atoms with Gasteiger partial charge < -0.3 is 9.51 Å². The first-order chi connectivity index (χ1) is 9.76. The minimum absolute atomic E-state index is 0.141. The molecule has 114 valence electrons. The van der Waals surface area contributed by atoms with Gasteiger partial charge in [0.05, 0.1) is 25.0 Å². The Morgan fingerprint density at radius 3 is 2.76 bits per heavy atom. The van der Waals surface area contributed by atoms with Crippen LogP contribution in [0.25, 0.3) is 5.65 Å². The number of aliphatic carboxylic acids is 1. The van der Waals surface area contributed by atoms with Gasteiger partial charge >= 0.3 is 12.1 Å². The minimum Gasteiger partial charge on any atom is -0.480 e. The first kappa shape index (κ1) is 15.3. The summed E-state index contributed by atoms with van der Waals surface area (Å²) in [6, 6.07) is 5.34. The molecule has 0 spiro atoms. The fourth-order valence-corrected chi connectivity index (χ4v) is 2.23. The molecule has 0 aliphatic rings. The van der Waals surface area contributed by atoms with Gasteiger partial charge in [-0.1, -0.05) is 6.07 Å². The third kappa shape index (κ3) is 3.94. The van der Waals surface area contributed by atoms with E-state index in [2.05, 4.69) is 4.98 Å². The fraction of sp³-hybridized carbons (Fsp3) is 0.385. The van der Waals surface area contributed by atoms with Crippen LogP contribution in [0.3, 0.4) is 0 Å². The molecule has 2 aromatic rings. The zero-order valence-corrected chi connectivity index (χ0v) is 11.3. The lowest BCUT2D eigenvalue weighted by atomic mass is 10.3. The topological polar surface area (TPSA) is 57.8 Å². The number of carboxylic acids is 1. The Balaban J connectivity index is 2.28. The highest BCUT2D eigenvalue weighted by Crippen LogP contribution is 2.19. The van der Waals surface area contributed by atoms with Crippen LogP contribution < -0.4 is 0 Å². The van der Waals surface area contributed by atoms with Gasteiger partial charge in [-0.25, -0.2) is 4.98 Å². The largest absolute Gasteiger partial charge is 0.480 e. The summed E-state index contributed by atoms with van der Waals surface area (Å²) >= 11 is 0. The summed E-state index contributed by atoms with van der Waals surface area (Å²) in [4.78, 5) is 15.7. The summed E-state index contributed by atoms with van der Waals surface area (Å²) in [6.07, 6.45) is -2.99. The highest BCUT2D eigenvalue weighted by molar-refractivity contribution is 5.69. The molecule has 2 heterocycles. The van der Waals surface area contributed by atoms with E-state index in [1.807, 2.05) is 13.0 Å². The molecule has 5 nitrogen and oxygen atoms in total. The van der Waals surface area contributed by atoms with E-state index in [0.717, 1.165) is 10.6 Å². The summed E-state index contributed by atoms with van der Waals surface area (Å²) in [7, 11) is 0. The molecule has 0 aromatic carbocycles. The number of carboxylic acid groups (broad SMARTS) is 1. The van der Waals surface area contributed by atoms with E-state index in [-0.39, 0.29) is 6.54 Å². The van der Waals surface area contributed by atoms with Gasteiger partial charge in [0.1, 0.15) is 5.65 Å². The van der Waals surface area contributed by atoms with Crippen LogP contribution in [0.15, 0.2) is 24.4 Å². The smallest absolute Gasteiger partial charge is 0.401 e. The molecular weight excluding hydrogens is 287 g/mol. The van der Waals surface area contributed by atoms with Crippen LogP contribution in [0.1, 0.15) is 11.4 Å². The Kier molecular flexibility index (Phi) is 4.17. The van der Waals surface area contributed by atoms with E-state index >= 15 is 0 Å². The Hall–Kier alpha value is -2.09. The average molecular weight is 301 g/mol. The Morgan fingerprint density at radius 2 is 2.14 bits per heavy atom. The molecule has 2 rings (SSSR count). The molecule has 0 atom stereocenters. The molecule has 0 unspecified atom stereocenters. The van der Waals surface area contributed by atoms with Gasteiger partial charge in [0.25, 0.3) is 0 Å². The molecule has 2 aromatic heterocycles. The fourth-order valence-electron chi connectivity index (χ4n) is 2.23. The summed E-state index contributed by atoms with van der Waals surface area (Å²) in [6.45, 7) is -0.293. The second-order valence-electron chi connectivity index (χ2n) is 4.76. The molecule has 0 radical (unpaired) electrons. The Bertz CT molecular complexity index is 652. The van der Waals surface area contributed by atoms with E-state index < -0.39 is 25.2 Å². The lowest BCUT2D eigenvalue weighted by Crippen LogP contribution is -2.37. The van der Waals surface area contributed by atoms with E-state index in [1.165, 1.54) is 6.20 Å². The van der Waals surface area contributed by atoms with Crippen molar-refractivity contribution in [1.82, 2.24) is 14.3 Å². The van der Waals surface area contributed by atoms with E-state index in [9.17, 15) is 18.0 Å². The van der Waals surface area contributed by atoms with Gasteiger partial charge in [-0.2, -0.15) is 13.2 Å². The molecule has 0 saturated carbocycles. The standard InChI is InChI=1S/C13H14F3N3O2/c1-9-3-2-4-11-17-5-10(19(9)11)6-18(7-12(20)21)8-13(14,15)16/h2-5H,6-8H2,1H3,(H,20,21). The number of carbonyl (C=O) groups is 1. The van der Waals surface area contributed by atoms with E-state index in [4.69, 9.17) is 5.11 Å². The van der Waals surface area contributed by atoms with Crippen molar-refractivity contribution in [1.29, 1.82) is 0 Å².